The Labute approximate surface area is 160 Å². The maximum Gasteiger partial charge on any atom is 0.269 e. The van der Waals surface area contributed by atoms with Gasteiger partial charge in [0.15, 0.2) is 5.16 Å². The molecule has 1 aliphatic heterocycles. The Morgan fingerprint density at radius 3 is 2.89 bits per heavy atom. The maximum atomic E-state index is 13.2. The number of thioether (sulfide) groups is 1. The second-order valence-electron chi connectivity index (χ2n) is 6.24. The molecular weight excluding hydrogens is 367 g/mol. The number of halogens is 1. The van der Waals surface area contributed by atoms with Crippen molar-refractivity contribution in [1.82, 2.24) is 29.6 Å². The number of hydrogen-bond donors (Lipinski definition) is 1. The second-order valence-corrected chi connectivity index (χ2v) is 7.01. The molecule has 27 heavy (non-hydrogen) atoms. The highest BCUT2D eigenvalue weighted by Gasteiger charge is 2.19. The van der Waals surface area contributed by atoms with Crippen molar-refractivity contribution in [2.24, 2.45) is 0 Å². The van der Waals surface area contributed by atoms with Gasteiger partial charge in [0, 0.05) is 31.6 Å². The third-order valence-corrected chi connectivity index (χ3v) is 5.20. The number of fused-ring (bicyclic) bond motifs is 1. The molecule has 3 heterocycles. The first-order valence-electron chi connectivity index (χ1n) is 8.74. The quantitative estimate of drug-likeness (QED) is 0.658. The molecule has 4 rings (SSSR count). The van der Waals surface area contributed by atoms with Crippen LogP contribution in [-0.4, -0.2) is 43.0 Å². The number of imidazole rings is 1. The topological polar surface area (TPSA) is 77.6 Å². The summed E-state index contributed by atoms with van der Waals surface area (Å²) in [5, 5.41) is 12.0. The van der Waals surface area contributed by atoms with Crippen LogP contribution in [0, 0.1) is 5.82 Å². The van der Waals surface area contributed by atoms with Gasteiger partial charge in [-0.15, -0.1) is 10.2 Å². The fraction of sp³-hybridized carbons (Fsp3) is 0.333. The molecule has 0 bridgehead atoms. The minimum Gasteiger partial charge on any atom is -0.350 e. The van der Waals surface area contributed by atoms with Gasteiger partial charge in [0.05, 0.1) is 6.20 Å². The molecule has 0 atom stereocenters. The molecule has 0 spiro atoms. The van der Waals surface area contributed by atoms with Crippen LogP contribution in [0.1, 0.15) is 28.6 Å². The van der Waals surface area contributed by atoms with Crippen molar-refractivity contribution in [3.05, 3.63) is 53.6 Å². The van der Waals surface area contributed by atoms with Crippen molar-refractivity contribution in [3.8, 4) is 5.69 Å². The molecule has 1 aromatic carbocycles. The van der Waals surface area contributed by atoms with E-state index in [4.69, 9.17) is 0 Å². The molecule has 0 unspecified atom stereocenters. The van der Waals surface area contributed by atoms with E-state index in [1.165, 1.54) is 23.9 Å². The first-order valence-corrected chi connectivity index (χ1v) is 9.96. The number of nitrogens with zero attached hydrogens (tertiary/aromatic N) is 5. The molecule has 0 saturated heterocycles. The lowest BCUT2D eigenvalue weighted by Crippen LogP contribution is -2.28. The fourth-order valence-electron chi connectivity index (χ4n) is 3.25. The molecule has 7 nitrogen and oxygen atoms in total. The zero-order chi connectivity index (χ0) is 18.8. The average molecular weight is 386 g/mol. The summed E-state index contributed by atoms with van der Waals surface area (Å²) < 4.78 is 17.1. The Morgan fingerprint density at radius 1 is 1.30 bits per heavy atom. The first kappa shape index (κ1) is 17.7. The highest BCUT2D eigenvalue weighted by molar-refractivity contribution is 7.98. The molecule has 1 aliphatic rings. The van der Waals surface area contributed by atoms with Crippen LogP contribution >= 0.6 is 11.8 Å². The average Bonchev–Trinajstić information content (AvgIpc) is 3.38. The lowest BCUT2D eigenvalue weighted by Gasteiger charge is -2.11. The molecule has 0 aliphatic carbocycles. The van der Waals surface area contributed by atoms with E-state index in [9.17, 15) is 9.18 Å². The predicted molar refractivity (Wildman–Crippen MR) is 99.7 cm³/mol. The van der Waals surface area contributed by atoms with Gasteiger partial charge in [0.2, 0.25) is 0 Å². The van der Waals surface area contributed by atoms with Crippen molar-refractivity contribution >= 4 is 17.7 Å². The van der Waals surface area contributed by atoms with E-state index in [0.29, 0.717) is 29.5 Å². The largest absolute Gasteiger partial charge is 0.350 e. The maximum absolute atomic E-state index is 13.2. The van der Waals surface area contributed by atoms with E-state index >= 15 is 0 Å². The highest BCUT2D eigenvalue weighted by Crippen LogP contribution is 2.22. The third-order valence-electron chi connectivity index (χ3n) is 4.55. The molecule has 0 saturated carbocycles. The van der Waals surface area contributed by atoms with Gasteiger partial charge in [-0.2, -0.15) is 0 Å². The summed E-state index contributed by atoms with van der Waals surface area (Å²) in [4.78, 5) is 17.0. The van der Waals surface area contributed by atoms with Crippen molar-refractivity contribution < 1.29 is 9.18 Å². The summed E-state index contributed by atoms with van der Waals surface area (Å²) >= 11 is 1.42. The molecule has 9 heteroatoms. The van der Waals surface area contributed by atoms with Crippen molar-refractivity contribution in [2.75, 3.05) is 12.8 Å². The summed E-state index contributed by atoms with van der Waals surface area (Å²) in [6.45, 7) is 1.40. The summed E-state index contributed by atoms with van der Waals surface area (Å²) in [6, 6.07) is 6.00. The fourth-order valence-corrected chi connectivity index (χ4v) is 3.80. The van der Waals surface area contributed by atoms with Crippen LogP contribution in [0.4, 0.5) is 4.39 Å². The smallest absolute Gasteiger partial charge is 0.269 e. The lowest BCUT2D eigenvalue weighted by molar-refractivity contribution is 0.0946. The number of carbonyl (C=O) groups excluding carboxylic acids is 1. The number of nitrogens with one attached hydrogen (secondary N) is 1. The van der Waals surface area contributed by atoms with E-state index in [0.717, 1.165) is 31.0 Å². The Kier molecular flexibility index (Phi) is 4.93. The number of aryl methyl sites for hydroxylation is 1. The van der Waals surface area contributed by atoms with Crippen LogP contribution in [0.5, 0.6) is 0 Å². The number of carbonyl (C=O) groups is 1. The van der Waals surface area contributed by atoms with Crippen molar-refractivity contribution in [2.45, 2.75) is 31.0 Å². The van der Waals surface area contributed by atoms with Crippen LogP contribution in [0.2, 0.25) is 0 Å². The lowest BCUT2D eigenvalue weighted by atomic mass is 10.3. The van der Waals surface area contributed by atoms with Crippen LogP contribution < -0.4 is 5.32 Å². The van der Waals surface area contributed by atoms with Gasteiger partial charge in [-0.25, -0.2) is 9.37 Å². The monoisotopic (exact) mass is 386 g/mol. The zero-order valence-electron chi connectivity index (χ0n) is 14.9. The number of benzene rings is 1. The van der Waals surface area contributed by atoms with Crippen LogP contribution in [0.15, 0.2) is 35.6 Å². The van der Waals surface area contributed by atoms with E-state index in [1.807, 2.05) is 6.26 Å². The van der Waals surface area contributed by atoms with E-state index in [2.05, 4.69) is 25.1 Å². The number of amides is 1. The van der Waals surface area contributed by atoms with Crippen LogP contribution in [0.25, 0.3) is 5.69 Å². The minimum atomic E-state index is -0.323. The summed E-state index contributed by atoms with van der Waals surface area (Å²) in [5.74, 6) is 1.37. The molecule has 3 aromatic rings. The first-order chi connectivity index (χ1) is 13.2. The Hall–Kier alpha value is -2.68. The van der Waals surface area contributed by atoms with E-state index < -0.39 is 0 Å². The molecule has 0 fully saturated rings. The number of hydrogen-bond acceptors (Lipinski definition) is 5. The molecule has 1 N–H and O–H groups in total. The van der Waals surface area contributed by atoms with Gasteiger partial charge < -0.3 is 9.88 Å². The Bertz CT molecular complexity index is 965. The van der Waals surface area contributed by atoms with Gasteiger partial charge in [-0.1, -0.05) is 11.8 Å². The normalized spacial score (nSPS) is 13.0. The molecule has 0 radical (unpaired) electrons. The molecule has 1 amide bonds. The third kappa shape index (κ3) is 3.46. The van der Waals surface area contributed by atoms with Gasteiger partial charge in [-0.05, 0) is 36.9 Å². The summed E-state index contributed by atoms with van der Waals surface area (Å²) in [7, 11) is 0. The molecular formula is C18H19FN6OS. The van der Waals surface area contributed by atoms with Crippen molar-refractivity contribution in [1.29, 1.82) is 0 Å². The van der Waals surface area contributed by atoms with Gasteiger partial charge >= 0.3 is 0 Å². The standard InChI is InChI=1S/C18H19FN6OS/c1-27-18-21-11-14(25(18)13-6-4-12(19)5-7-13)17(26)20-9-8-16-23-22-15-3-2-10-24(15)16/h4-7,11H,2-3,8-10H2,1H3,(H,20,26). The number of aromatic nitrogens is 5. The van der Waals surface area contributed by atoms with E-state index in [1.54, 1.807) is 22.9 Å². The summed E-state index contributed by atoms with van der Waals surface area (Å²) in [6.07, 6.45) is 6.11. The second kappa shape index (κ2) is 7.51. The molecule has 2 aromatic heterocycles. The highest BCUT2D eigenvalue weighted by atomic mass is 32.2. The van der Waals surface area contributed by atoms with Crippen molar-refractivity contribution in [3.63, 3.8) is 0 Å². The van der Waals surface area contributed by atoms with Gasteiger partial charge in [-0.3, -0.25) is 9.36 Å². The predicted octanol–water partition coefficient (Wildman–Crippen LogP) is 2.24. The molecule has 140 valence electrons. The van der Waals surface area contributed by atoms with E-state index in [-0.39, 0.29) is 11.7 Å². The van der Waals surface area contributed by atoms with Crippen LogP contribution in [0.3, 0.4) is 0 Å². The van der Waals surface area contributed by atoms with Crippen LogP contribution in [-0.2, 0) is 19.4 Å². The minimum absolute atomic E-state index is 0.228. The van der Waals surface area contributed by atoms with Gasteiger partial charge in [0.25, 0.3) is 5.91 Å². The zero-order valence-corrected chi connectivity index (χ0v) is 15.7. The Morgan fingerprint density at radius 2 is 2.11 bits per heavy atom. The number of rotatable bonds is 6. The SMILES string of the molecule is CSc1ncc(C(=O)NCCc2nnc3n2CCC3)n1-c1ccc(F)cc1. The summed E-state index contributed by atoms with van der Waals surface area (Å²) in [5.41, 5.74) is 1.11. The Balaban J connectivity index is 1.48. The van der Waals surface area contributed by atoms with Gasteiger partial charge in [0.1, 0.15) is 23.2 Å².